The van der Waals surface area contributed by atoms with E-state index in [9.17, 15) is 0 Å². The van der Waals surface area contributed by atoms with Gasteiger partial charge in [-0.05, 0) is 17.0 Å². The number of aromatic nitrogens is 1. The third-order valence-corrected chi connectivity index (χ3v) is 3.65. The van der Waals surface area contributed by atoms with E-state index in [1.807, 2.05) is 12.4 Å². The third kappa shape index (κ3) is 4.28. The van der Waals surface area contributed by atoms with Crippen molar-refractivity contribution in [3.63, 3.8) is 0 Å². The molecule has 21 heavy (non-hydrogen) atoms. The van der Waals surface area contributed by atoms with Gasteiger partial charge in [0, 0.05) is 44.0 Å². The predicted molar refractivity (Wildman–Crippen MR) is 90.3 cm³/mol. The van der Waals surface area contributed by atoms with Crippen LogP contribution in [0.25, 0.3) is 10.8 Å². The van der Waals surface area contributed by atoms with Crippen molar-refractivity contribution in [2.24, 2.45) is 5.73 Å². The molecular formula is C15H21Cl2N3O. The fraction of sp³-hybridized carbons (Fsp3) is 0.400. The monoisotopic (exact) mass is 329 g/mol. The van der Waals surface area contributed by atoms with Crippen molar-refractivity contribution in [3.8, 4) is 0 Å². The van der Waals surface area contributed by atoms with Gasteiger partial charge in [0.2, 0.25) is 0 Å². The number of ether oxygens (including phenoxy) is 1. The lowest BCUT2D eigenvalue weighted by Gasteiger charge is -2.32. The van der Waals surface area contributed by atoms with Gasteiger partial charge in [-0.3, -0.25) is 9.88 Å². The summed E-state index contributed by atoms with van der Waals surface area (Å²) in [6.07, 6.45) is 3.94. The molecule has 1 saturated heterocycles. The zero-order valence-electron chi connectivity index (χ0n) is 11.8. The normalized spacial score (nSPS) is 18.8. The quantitative estimate of drug-likeness (QED) is 0.938. The average Bonchev–Trinajstić information content (AvgIpc) is 2.48. The van der Waals surface area contributed by atoms with Crippen LogP contribution in [0, 0.1) is 0 Å². The maximum atomic E-state index is 5.69. The number of rotatable bonds is 3. The van der Waals surface area contributed by atoms with Gasteiger partial charge in [-0.2, -0.15) is 0 Å². The van der Waals surface area contributed by atoms with E-state index in [4.69, 9.17) is 10.5 Å². The largest absolute Gasteiger partial charge is 0.374 e. The summed E-state index contributed by atoms with van der Waals surface area (Å²) in [5, 5.41) is 2.48. The van der Waals surface area contributed by atoms with E-state index in [2.05, 4.69) is 34.1 Å². The number of hydrogen-bond acceptors (Lipinski definition) is 4. The van der Waals surface area contributed by atoms with Gasteiger partial charge in [-0.1, -0.05) is 18.2 Å². The third-order valence-electron chi connectivity index (χ3n) is 3.65. The molecule has 1 aromatic carbocycles. The molecule has 1 unspecified atom stereocenters. The summed E-state index contributed by atoms with van der Waals surface area (Å²) in [6.45, 7) is 4.20. The molecule has 2 N–H and O–H groups in total. The van der Waals surface area contributed by atoms with E-state index >= 15 is 0 Å². The lowest BCUT2D eigenvalue weighted by atomic mass is 10.1. The lowest BCUT2D eigenvalue weighted by molar-refractivity contribution is -0.0259. The van der Waals surface area contributed by atoms with Crippen molar-refractivity contribution in [2.75, 3.05) is 26.2 Å². The zero-order valence-corrected chi connectivity index (χ0v) is 13.4. The van der Waals surface area contributed by atoms with Gasteiger partial charge in [-0.15, -0.1) is 24.8 Å². The highest BCUT2D eigenvalue weighted by molar-refractivity contribution is 5.86. The van der Waals surface area contributed by atoms with Crippen molar-refractivity contribution in [1.29, 1.82) is 0 Å². The minimum Gasteiger partial charge on any atom is -0.374 e. The molecule has 6 heteroatoms. The highest BCUT2D eigenvalue weighted by Gasteiger charge is 2.19. The van der Waals surface area contributed by atoms with Gasteiger partial charge in [0.15, 0.2) is 0 Å². The molecule has 1 aromatic heterocycles. The maximum absolute atomic E-state index is 5.69. The van der Waals surface area contributed by atoms with Crippen LogP contribution in [0.4, 0.5) is 0 Å². The van der Waals surface area contributed by atoms with E-state index in [0.717, 1.165) is 26.2 Å². The van der Waals surface area contributed by atoms with Crippen LogP contribution in [-0.2, 0) is 11.3 Å². The number of halogens is 2. The minimum atomic E-state index is 0. The number of fused-ring (bicyclic) bond motifs is 1. The number of hydrogen-bond donors (Lipinski definition) is 1. The molecule has 0 bridgehead atoms. The van der Waals surface area contributed by atoms with Crippen LogP contribution in [0.2, 0.25) is 0 Å². The smallest absolute Gasteiger partial charge is 0.0824 e. The first-order valence-electron chi connectivity index (χ1n) is 6.72. The Kier molecular flexibility index (Phi) is 7.35. The summed E-state index contributed by atoms with van der Waals surface area (Å²) in [5.41, 5.74) is 7.03. The van der Waals surface area contributed by atoms with Gasteiger partial charge < -0.3 is 10.5 Å². The Hall–Kier alpha value is -0.910. The van der Waals surface area contributed by atoms with Gasteiger partial charge >= 0.3 is 0 Å². The second-order valence-corrected chi connectivity index (χ2v) is 4.98. The number of pyridine rings is 1. The van der Waals surface area contributed by atoms with Crippen molar-refractivity contribution >= 4 is 35.6 Å². The summed E-state index contributed by atoms with van der Waals surface area (Å²) >= 11 is 0. The van der Waals surface area contributed by atoms with Gasteiger partial charge in [0.05, 0.1) is 12.7 Å². The minimum absolute atomic E-state index is 0. The summed E-state index contributed by atoms with van der Waals surface area (Å²) in [4.78, 5) is 6.59. The van der Waals surface area contributed by atoms with Gasteiger partial charge in [-0.25, -0.2) is 0 Å². The van der Waals surface area contributed by atoms with Crippen LogP contribution in [-0.4, -0.2) is 42.2 Å². The molecule has 2 aromatic rings. The molecule has 1 atom stereocenters. The Bertz CT molecular complexity index is 562. The molecule has 2 heterocycles. The Balaban J connectivity index is 0.00000110. The van der Waals surface area contributed by atoms with E-state index in [-0.39, 0.29) is 30.9 Å². The molecular weight excluding hydrogens is 309 g/mol. The topological polar surface area (TPSA) is 51.4 Å². The van der Waals surface area contributed by atoms with Gasteiger partial charge in [0.1, 0.15) is 0 Å². The molecule has 0 aliphatic carbocycles. The van der Waals surface area contributed by atoms with Crippen LogP contribution in [0.5, 0.6) is 0 Å². The Morgan fingerprint density at radius 3 is 2.95 bits per heavy atom. The molecule has 0 saturated carbocycles. The molecule has 0 spiro atoms. The molecule has 1 aliphatic heterocycles. The fourth-order valence-electron chi connectivity index (χ4n) is 2.64. The molecule has 0 amide bonds. The van der Waals surface area contributed by atoms with Crippen LogP contribution >= 0.6 is 24.8 Å². The Labute approximate surface area is 137 Å². The predicted octanol–water partition coefficient (Wildman–Crippen LogP) is 2.24. The van der Waals surface area contributed by atoms with Crippen molar-refractivity contribution in [2.45, 2.75) is 12.6 Å². The maximum Gasteiger partial charge on any atom is 0.0824 e. The highest BCUT2D eigenvalue weighted by atomic mass is 35.5. The molecule has 3 rings (SSSR count). The van der Waals surface area contributed by atoms with Crippen molar-refractivity contribution in [1.82, 2.24) is 9.88 Å². The summed E-state index contributed by atoms with van der Waals surface area (Å²) in [6, 6.07) is 8.48. The van der Waals surface area contributed by atoms with Crippen LogP contribution in [0.3, 0.4) is 0 Å². The highest BCUT2D eigenvalue weighted by Crippen LogP contribution is 2.20. The van der Waals surface area contributed by atoms with E-state index < -0.39 is 0 Å². The van der Waals surface area contributed by atoms with Crippen LogP contribution in [0.1, 0.15) is 5.56 Å². The average molecular weight is 330 g/mol. The van der Waals surface area contributed by atoms with E-state index in [1.165, 1.54) is 16.3 Å². The zero-order chi connectivity index (χ0) is 13.1. The lowest BCUT2D eigenvalue weighted by Crippen LogP contribution is -2.45. The Morgan fingerprint density at radius 1 is 1.29 bits per heavy atom. The number of benzene rings is 1. The molecule has 4 nitrogen and oxygen atoms in total. The fourth-order valence-corrected chi connectivity index (χ4v) is 2.64. The van der Waals surface area contributed by atoms with Gasteiger partial charge in [0.25, 0.3) is 0 Å². The number of nitrogens with two attached hydrogens (primary N) is 1. The number of nitrogens with zero attached hydrogens (tertiary/aromatic N) is 2. The Morgan fingerprint density at radius 2 is 2.14 bits per heavy atom. The van der Waals surface area contributed by atoms with Crippen molar-refractivity contribution < 1.29 is 4.74 Å². The molecule has 0 radical (unpaired) electrons. The van der Waals surface area contributed by atoms with Crippen LogP contribution in [0.15, 0.2) is 36.7 Å². The molecule has 116 valence electrons. The number of morpholine rings is 1. The molecule has 1 fully saturated rings. The first-order chi connectivity index (χ1) is 9.36. The van der Waals surface area contributed by atoms with Crippen molar-refractivity contribution in [3.05, 3.63) is 42.2 Å². The summed E-state index contributed by atoms with van der Waals surface area (Å²) in [5.74, 6) is 0. The second kappa shape index (κ2) is 8.51. The standard InChI is InChI=1S/C15H19N3O.2ClH/c16-8-14-11-18(6-7-19-14)10-13-3-1-2-12-9-17-5-4-15(12)13;;/h1-5,9,14H,6-8,10-11,16H2;2*1H. The molecule has 1 aliphatic rings. The SMILES string of the molecule is Cl.Cl.NCC1CN(Cc2cccc3cnccc23)CCO1. The second-order valence-electron chi connectivity index (χ2n) is 4.98. The first-order valence-corrected chi connectivity index (χ1v) is 6.72. The van der Waals surface area contributed by atoms with E-state index in [1.54, 1.807) is 0 Å². The first kappa shape index (κ1) is 18.1. The van der Waals surface area contributed by atoms with E-state index in [0.29, 0.717) is 6.54 Å². The summed E-state index contributed by atoms with van der Waals surface area (Å²) < 4.78 is 5.61. The van der Waals surface area contributed by atoms with Crippen LogP contribution < -0.4 is 5.73 Å². The summed E-state index contributed by atoms with van der Waals surface area (Å²) in [7, 11) is 0.